The number of hydrogen-bond donors (Lipinski definition) is 1. The number of aromatic nitrogens is 2. The lowest BCUT2D eigenvalue weighted by molar-refractivity contribution is 0.165. The van der Waals surface area contributed by atoms with E-state index in [-0.39, 0.29) is 11.6 Å². The molecule has 3 rings (SSSR count). The smallest absolute Gasteiger partial charge is 0.319 e. The van der Waals surface area contributed by atoms with E-state index in [1.807, 2.05) is 24.3 Å². The van der Waals surface area contributed by atoms with Crippen molar-refractivity contribution in [1.29, 1.82) is 0 Å². The van der Waals surface area contributed by atoms with Crippen molar-refractivity contribution in [3.8, 4) is 5.75 Å². The number of aromatic amines is 1. The Morgan fingerprint density at radius 1 is 1.32 bits per heavy atom. The van der Waals surface area contributed by atoms with Gasteiger partial charge in [0.1, 0.15) is 11.6 Å². The molecule has 0 unspecified atom stereocenters. The average molecular weight is 342 g/mol. The van der Waals surface area contributed by atoms with Gasteiger partial charge in [-0.05, 0) is 17.7 Å². The summed E-state index contributed by atoms with van der Waals surface area (Å²) in [7, 11) is 5.04. The molecule has 2 amide bonds. The number of nitrogens with one attached hydrogen (secondary N) is 1. The van der Waals surface area contributed by atoms with Crippen molar-refractivity contribution in [2.24, 2.45) is 0 Å². The van der Waals surface area contributed by atoms with Crippen LogP contribution in [-0.2, 0) is 19.4 Å². The fourth-order valence-corrected chi connectivity index (χ4v) is 2.94. The first kappa shape index (κ1) is 17.0. The molecule has 1 aromatic carbocycles. The average Bonchev–Trinajstić information content (AvgIpc) is 2.61. The van der Waals surface area contributed by atoms with Crippen LogP contribution in [0.25, 0.3) is 0 Å². The van der Waals surface area contributed by atoms with Crippen LogP contribution in [-0.4, -0.2) is 53.5 Å². The topological polar surface area (TPSA) is 78.5 Å². The lowest BCUT2D eigenvalue weighted by Gasteiger charge is -2.30. The molecule has 0 saturated heterocycles. The van der Waals surface area contributed by atoms with Crippen LogP contribution in [0.4, 0.5) is 4.79 Å². The number of nitrogens with zero attached hydrogens (tertiary/aromatic N) is 3. The number of fused-ring (bicyclic) bond motifs is 1. The van der Waals surface area contributed by atoms with Gasteiger partial charge >= 0.3 is 6.03 Å². The summed E-state index contributed by atoms with van der Waals surface area (Å²) in [5.74, 6) is 1.43. The van der Waals surface area contributed by atoms with Crippen LogP contribution >= 0.6 is 0 Å². The van der Waals surface area contributed by atoms with E-state index < -0.39 is 0 Å². The highest BCUT2D eigenvalue weighted by Crippen LogP contribution is 2.17. The van der Waals surface area contributed by atoms with Crippen LogP contribution in [0.2, 0.25) is 0 Å². The van der Waals surface area contributed by atoms with Gasteiger partial charge < -0.3 is 19.5 Å². The van der Waals surface area contributed by atoms with Gasteiger partial charge in [0, 0.05) is 33.5 Å². The van der Waals surface area contributed by atoms with Crippen molar-refractivity contribution in [1.82, 2.24) is 19.8 Å². The number of hydrogen-bond acceptors (Lipinski definition) is 4. The lowest BCUT2D eigenvalue weighted by atomic mass is 10.1. The Morgan fingerprint density at radius 2 is 2.04 bits per heavy atom. The van der Waals surface area contributed by atoms with E-state index in [9.17, 15) is 9.59 Å². The highest BCUT2D eigenvalue weighted by molar-refractivity contribution is 5.74. The number of urea groups is 1. The molecular formula is C18H22N4O3. The van der Waals surface area contributed by atoms with E-state index in [1.54, 1.807) is 26.1 Å². The Kier molecular flexibility index (Phi) is 4.74. The second-order valence-electron chi connectivity index (χ2n) is 6.31. The number of H-pyrrole nitrogens is 1. The van der Waals surface area contributed by atoms with E-state index in [0.29, 0.717) is 37.3 Å². The number of benzene rings is 1. The molecule has 2 heterocycles. The standard InChI is InChI=1S/C18H22N4O3/c1-21(2)18(24)22-9-8-15-14(11-22)17(23)20-16(19-15)10-12-4-6-13(25-3)7-5-12/h4-7H,8-11H2,1-3H3,(H,19,20,23). The van der Waals surface area contributed by atoms with E-state index in [0.717, 1.165) is 17.0 Å². The van der Waals surface area contributed by atoms with Crippen molar-refractivity contribution in [3.05, 3.63) is 57.3 Å². The van der Waals surface area contributed by atoms with Crippen LogP contribution in [0, 0.1) is 0 Å². The number of amides is 2. The molecule has 1 aliphatic heterocycles. The van der Waals surface area contributed by atoms with Gasteiger partial charge in [0.25, 0.3) is 5.56 Å². The molecule has 0 atom stereocenters. The minimum Gasteiger partial charge on any atom is -0.497 e. The minimum atomic E-state index is -0.162. The van der Waals surface area contributed by atoms with E-state index in [4.69, 9.17) is 4.74 Å². The Hall–Kier alpha value is -2.83. The highest BCUT2D eigenvalue weighted by Gasteiger charge is 2.25. The molecule has 1 aliphatic rings. The maximum absolute atomic E-state index is 12.4. The first-order chi connectivity index (χ1) is 12.0. The predicted octanol–water partition coefficient (Wildman–Crippen LogP) is 1.41. The van der Waals surface area contributed by atoms with Crippen LogP contribution in [0.1, 0.15) is 22.6 Å². The summed E-state index contributed by atoms with van der Waals surface area (Å²) >= 11 is 0. The predicted molar refractivity (Wildman–Crippen MR) is 93.9 cm³/mol. The Bertz CT molecular complexity index is 827. The zero-order chi connectivity index (χ0) is 18.0. The number of rotatable bonds is 3. The number of methoxy groups -OCH3 is 1. The monoisotopic (exact) mass is 342 g/mol. The van der Waals surface area contributed by atoms with Crippen molar-refractivity contribution in [3.63, 3.8) is 0 Å². The van der Waals surface area contributed by atoms with Gasteiger partial charge in [0.05, 0.1) is 24.9 Å². The third-order valence-electron chi connectivity index (χ3n) is 4.30. The van der Waals surface area contributed by atoms with Crippen molar-refractivity contribution in [2.75, 3.05) is 27.7 Å². The second kappa shape index (κ2) is 6.96. The van der Waals surface area contributed by atoms with Gasteiger partial charge in [-0.25, -0.2) is 9.78 Å². The number of carbonyl (C=O) groups excluding carboxylic acids is 1. The molecule has 0 saturated carbocycles. The Morgan fingerprint density at radius 3 is 2.68 bits per heavy atom. The quantitative estimate of drug-likeness (QED) is 0.915. The van der Waals surface area contributed by atoms with Crippen molar-refractivity contribution in [2.45, 2.75) is 19.4 Å². The van der Waals surface area contributed by atoms with Gasteiger partial charge in [0.2, 0.25) is 0 Å². The Labute approximate surface area is 146 Å². The molecule has 1 aromatic heterocycles. The molecule has 0 spiro atoms. The van der Waals surface area contributed by atoms with Gasteiger partial charge in [-0.15, -0.1) is 0 Å². The molecule has 7 heteroatoms. The minimum absolute atomic E-state index is 0.0904. The molecule has 0 aliphatic carbocycles. The van der Waals surface area contributed by atoms with Gasteiger partial charge in [-0.1, -0.05) is 12.1 Å². The van der Waals surface area contributed by atoms with Crippen molar-refractivity contribution < 1.29 is 9.53 Å². The third kappa shape index (κ3) is 3.65. The van der Waals surface area contributed by atoms with Crippen LogP contribution in [0.5, 0.6) is 5.75 Å². The molecule has 0 fully saturated rings. The molecule has 1 N–H and O–H groups in total. The first-order valence-corrected chi connectivity index (χ1v) is 8.18. The van der Waals surface area contributed by atoms with E-state index in [1.165, 1.54) is 4.90 Å². The van der Waals surface area contributed by atoms with Crippen LogP contribution in [0.15, 0.2) is 29.1 Å². The third-order valence-corrected chi connectivity index (χ3v) is 4.30. The van der Waals surface area contributed by atoms with Gasteiger partial charge in [0.15, 0.2) is 0 Å². The maximum Gasteiger partial charge on any atom is 0.319 e. The van der Waals surface area contributed by atoms with Crippen LogP contribution in [0.3, 0.4) is 0 Å². The SMILES string of the molecule is COc1ccc(Cc2nc3c(c(=O)[nH]2)CN(C(=O)N(C)C)CC3)cc1. The first-order valence-electron chi connectivity index (χ1n) is 8.18. The summed E-state index contributed by atoms with van der Waals surface area (Å²) < 4.78 is 5.15. The zero-order valence-electron chi connectivity index (χ0n) is 14.7. The fraction of sp³-hybridized carbons (Fsp3) is 0.389. The summed E-state index contributed by atoms with van der Waals surface area (Å²) in [4.78, 5) is 35.2. The number of ether oxygens (including phenoxy) is 1. The number of carbonyl (C=O) groups is 1. The molecule has 7 nitrogen and oxygen atoms in total. The highest BCUT2D eigenvalue weighted by atomic mass is 16.5. The lowest BCUT2D eigenvalue weighted by Crippen LogP contribution is -2.44. The normalized spacial score (nSPS) is 13.3. The summed E-state index contributed by atoms with van der Waals surface area (Å²) in [5.41, 5.74) is 2.25. The molecule has 0 radical (unpaired) electrons. The summed E-state index contributed by atoms with van der Waals surface area (Å²) in [6.07, 6.45) is 1.14. The zero-order valence-corrected chi connectivity index (χ0v) is 14.7. The Balaban J connectivity index is 1.80. The van der Waals surface area contributed by atoms with Gasteiger partial charge in [-0.3, -0.25) is 4.79 Å². The molecular weight excluding hydrogens is 320 g/mol. The maximum atomic E-state index is 12.4. The van der Waals surface area contributed by atoms with Crippen molar-refractivity contribution >= 4 is 6.03 Å². The van der Waals surface area contributed by atoms with Crippen LogP contribution < -0.4 is 10.3 Å². The molecule has 132 valence electrons. The summed E-state index contributed by atoms with van der Waals surface area (Å²) in [6, 6.07) is 7.59. The van der Waals surface area contributed by atoms with E-state index >= 15 is 0 Å². The molecule has 0 bridgehead atoms. The second-order valence-corrected chi connectivity index (χ2v) is 6.31. The molecule has 25 heavy (non-hydrogen) atoms. The van der Waals surface area contributed by atoms with Gasteiger partial charge in [-0.2, -0.15) is 0 Å². The fourth-order valence-electron chi connectivity index (χ4n) is 2.94. The summed E-state index contributed by atoms with van der Waals surface area (Å²) in [6.45, 7) is 0.875. The summed E-state index contributed by atoms with van der Waals surface area (Å²) in [5, 5.41) is 0. The van der Waals surface area contributed by atoms with E-state index in [2.05, 4.69) is 9.97 Å². The largest absolute Gasteiger partial charge is 0.497 e. The molecule has 2 aromatic rings.